The molecule has 0 aliphatic heterocycles. The lowest BCUT2D eigenvalue weighted by Gasteiger charge is -2.09. The van der Waals surface area contributed by atoms with E-state index in [1.54, 1.807) is 12.1 Å². The Morgan fingerprint density at radius 3 is 2.44 bits per heavy atom. The molecule has 1 aromatic heterocycles. The van der Waals surface area contributed by atoms with Gasteiger partial charge in [-0.1, -0.05) is 12.1 Å². The number of rotatable bonds is 7. The van der Waals surface area contributed by atoms with Gasteiger partial charge < -0.3 is 10.6 Å². The van der Waals surface area contributed by atoms with E-state index in [1.807, 2.05) is 36.7 Å². The number of benzene rings is 1. The van der Waals surface area contributed by atoms with Crippen LogP contribution in [0.25, 0.3) is 0 Å². The zero-order valence-corrected chi connectivity index (χ0v) is 15.4. The number of nitrogens with one attached hydrogen (secondary N) is 3. The van der Waals surface area contributed by atoms with E-state index < -0.39 is 16.1 Å². The van der Waals surface area contributed by atoms with Crippen LogP contribution in [-0.2, 0) is 16.6 Å². The molecule has 0 radical (unpaired) electrons. The van der Waals surface area contributed by atoms with Crippen molar-refractivity contribution >= 4 is 21.7 Å². The Labute approximate surface area is 147 Å². The molecule has 8 nitrogen and oxygen atoms in total. The summed E-state index contributed by atoms with van der Waals surface area (Å²) in [5.41, 5.74) is 3.77. The first-order chi connectivity index (χ1) is 11.8. The van der Waals surface area contributed by atoms with Crippen molar-refractivity contribution in [2.24, 2.45) is 0 Å². The van der Waals surface area contributed by atoms with Gasteiger partial charge in [0.15, 0.2) is 0 Å². The molecule has 9 heteroatoms. The summed E-state index contributed by atoms with van der Waals surface area (Å²) in [5, 5.41) is 9.59. The van der Waals surface area contributed by atoms with Crippen molar-refractivity contribution in [3.05, 3.63) is 47.3 Å². The van der Waals surface area contributed by atoms with Gasteiger partial charge in [0.1, 0.15) is 0 Å². The summed E-state index contributed by atoms with van der Waals surface area (Å²) in [4.78, 5) is 11.8. The number of hydrogen-bond donors (Lipinski definition) is 3. The van der Waals surface area contributed by atoms with Gasteiger partial charge in [-0.3, -0.25) is 4.68 Å². The highest BCUT2D eigenvalue weighted by Crippen LogP contribution is 2.12. The van der Waals surface area contributed by atoms with Crippen molar-refractivity contribution in [3.63, 3.8) is 0 Å². The molecular formula is C16H23N5O3S. The summed E-state index contributed by atoms with van der Waals surface area (Å²) < 4.78 is 26.6. The fourth-order valence-corrected chi connectivity index (χ4v) is 2.85. The first-order valence-corrected chi connectivity index (χ1v) is 9.50. The molecular weight excluding hydrogens is 342 g/mol. The van der Waals surface area contributed by atoms with Gasteiger partial charge in [-0.15, -0.1) is 0 Å². The van der Waals surface area contributed by atoms with Gasteiger partial charge in [-0.25, -0.2) is 17.9 Å². The smallest absolute Gasteiger partial charge is 0.319 e. The van der Waals surface area contributed by atoms with Gasteiger partial charge >= 0.3 is 6.03 Å². The molecule has 0 fully saturated rings. The van der Waals surface area contributed by atoms with Gasteiger partial charge in [0.25, 0.3) is 0 Å². The van der Waals surface area contributed by atoms with Crippen molar-refractivity contribution in [2.75, 3.05) is 24.7 Å². The summed E-state index contributed by atoms with van der Waals surface area (Å²) in [7, 11) is -1.99. The van der Waals surface area contributed by atoms with Crippen LogP contribution in [0, 0.1) is 13.8 Å². The van der Waals surface area contributed by atoms with Crippen molar-refractivity contribution in [2.45, 2.75) is 20.4 Å². The standard InChI is InChI=1S/C16H23N5O3S/c1-12-10-13(2)21(20-12)11-14-4-6-15(7-5-14)19-16(22)18-8-9-25(23,24)17-3/h4-7,10,17H,8-9,11H2,1-3H3,(H2,18,19,22). The Morgan fingerprint density at radius 2 is 1.88 bits per heavy atom. The van der Waals surface area contributed by atoms with Gasteiger partial charge in [-0.05, 0) is 44.7 Å². The Hall–Kier alpha value is -2.39. The lowest BCUT2D eigenvalue weighted by Crippen LogP contribution is -2.35. The van der Waals surface area contributed by atoms with Crippen LogP contribution < -0.4 is 15.4 Å². The number of urea groups is 1. The lowest BCUT2D eigenvalue weighted by atomic mass is 10.2. The predicted molar refractivity (Wildman–Crippen MR) is 97.1 cm³/mol. The zero-order valence-electron chi connectivity index (χ0n) is 14.5. The molecule has 0 unspecified atom stereocenters. The first kappa shape index (κ1) is 18.9. The molecule has 0 aliphatic carbocycles. The molecule has 1 heterocycles. The molecule has 0 saturated heterocycles. The maximum Gasteiger partial charge on any atom is 0.319 e. The van der Waals surface area contributed by atoms with Crippen molar-refractivity contribution in [3.8, 4) is 0 Å². The molecule has 1 aromatic carbocycles. The normalized spacial score (nSPS) is 11.3. The molecule has 0 atom stereocenters. The number of aryl methyl sites for hydroxylation is 2. The average Bonchev–Trinajstić information content (AvgIpc) is 2.86. The van der Waals surface area contributed by atoms with Gasteiger partial charge in [0, 0.05) is 17.9 Å². The Kier molecular flexibility index (Phi) is 6.16. The molecule has 0 spiro atoms. The van der Waals surface area contributed by atoms with E-state index in [0.717, 1.165) is 17.0 Å². The summed E-state index contributed by atoms with van der Waals surface area (Å²) in [6.07, 6.45) is 0. The third-order valence-electron chi connectivity index (χ3n) is 3.61. The molecule has 0 aliphatic rings. The number of carbonyl (C=O) groups excluding carboxylic acids is 1. The van der Waals surface area contributed by atoms with E-state index in [4.69, 9.17) is 0 Å². The molecule has 0 saturated carbocycles. The fraction of sp³-hybridized carbons (Fsp3) is 0.375. The Morgan fingerprint density at radius 1 is 1.20 bits per heavy atom. The molecule has 2 aromatic rings. The number of amides is 2. The van der Waals surface area contributed by atoms with Crippen LogP contribution in [-0.4, -0.2) is 43.6 Å². The van der Waals surface area contributed by atoms with Crippen LogP contribution in [0.1, 0.15) is 17.0 Å². The summed E-state index contributed by atoms with van der Waals surface area (Å²) >= 11 is 0. The zero-order chi connectivity index (χ0) is 18.4. The highest BCUT2D eigenvalue weighted by Gasteiger charge is 2.08. The molecule has 136 valence electrons. The topological polar surface area (TPSA) is 105 Å². The molecule has 25 heavy (non-hydrogen) atoms. The SMILES string of the molecule is CNS(=O)(=O)CCNC(=O)Nc1ccc(Cn2nc(C)cc2C)cc1. The number of aromatic nitrogens is 2. The second-order valence-corrected chi connectivity index (χ2v) is 7.73. The summed E-state index contributed by atoms with van der Waals surface area (Å²) in [6, 6.07) is 9.00. The monoisotopic (exact) mass is 365 g/mol. The third-order valence-corrected chi connectivity index (χ3v) is 4.98. The second kappa shape index (κ2) is 8.13. The van der Waals surface area contributed by atoms with Crippen LogP contribution in [0.5, 0.6) is 0 Å². The minimum absolute atomic E-state index is 0.0328. The lowest BCUT2D eigenvalue weighted by molar-refractivity contribution is 0.252. The van der Waals surface area contributed by atoms with E-state index in [0.29, 0.717) is 12.2 Å². The van der Waals surface area contributed by atoms with Crippen LogP contribution in [0.4, 0.5) is 10.5 Å². The van der Waals surface area contributed by atoms with E-state index in [9.17, 15) is 13.2 Å². The molecule has 2 amide bonds. The fourth-order valence-electron chi connectivity index (χ4n) is 2.28. The maximum atomic E-state index is 11.8. The second-order valence-electron chi connectivity index (χ2n) is 5.69. The van der Waals surface area contributed by atoms with Crippen LogP contribution >= 0.6 is 0 Å². The molecule has 3 N–H and O–H groups in total. The first-order valence-electron chi connectivity index (χ1n) is 7.85. The van der Waals surface area contributed by atoms with Gasteiger partial charge in [-0.2, -0.15) is 5.10 Å². The number of sulfonamides is 1. The predicted octanol–water partition coefficient (Wildman–Crippen LogP) is 1.22. The van der Waals surface area contributed by atoms with Crippen LogP contribution in [0.3, 0.4) is 0 Å². The number of nitrogens with zero attached hydrogens (tertiary/aromatic N) is 2. The Bertz CT molecular complexity index is 828. The van der Waals surface area contributed by atoms with Gasteiger partial charge in [0.2, 0.25) is 10.0 Å². The average molecular weight is 365 g/mol. The molecule has 2 rings (SSSR count). The quantitative estimate of drug-likeness (QED) is 0.686. The highest BCUT2D eigenvalue weighted by atomic mass is 32.2. The van der Waals surface area contributed by atoms with Crippen LogP contribution in [0.15, 0.2) is 30.3 Å². The van der Waals surface area contributed by atoms with Crippen LogP contribution in [0.2, 0.25) is 0 Å². The number of hydrogen-bond acceptors (Lipinski definition) is 4. The maximum absolute atomic E-state index is 11.8. The minimum atomic E-state index is -3.33. The summed E-state index contributed by atoms with van der Waals surface area (Å²) in [6.45, 7) is 4.66. The highest BCUT2D eigenvalue weighted by molar-refractivity contribution is 7.89. The third kappa shape index (κ3) is 5.87. The van der Waals surface area contributed by atoms with Crippen molar-refractivity contribution in [1.82, 2.24) is 19.8 Å². The number of anilines is 1. The van der Waals surface area contributed by atoms with E-state index >= 15 is 0 Å². The molecule has 0 bridgehead atoms. The van der Waals surface area contributed by atoms with Crippen molar-refractivity contribution in [1.29, 1.82) is 0 Å². The van der Waals surface area contributed by atoms with E-state index in [1.165, 1.54) is 7.05 Å². The van der Waals surface area contributed by atoms with Crippen molar-refractivity contribution < 1.29 is 13.2 Å². The number of carbonyl (C=O) groups is 1. The van der Waals surface area contributed by atoms with E-state index in [2.05, 4.69) is 20.5 Å². The van der Waals surface area contributed by atoms with Gasteiger partial charge in [0.05, 0.1) is 18.0 Å². The largest absolute Gasteiger partial charge is 0.337 e. The summed E-state index contributed by atoms with van der Waals surface area (Å²) in [5.74, 6) is -0.168. The Balaban J connectivity index is 1.85. The van der Waals surface area contributed by atoms with E-state index in [-0.39, 0.29) is 12.3 Å². The minimum Gasteiger partial charge on any atom is -0.337 e.